The molecule has 2 amide bonds. The maximum absolute atomic E-state index is 12.5. The Balaban J connectivity index is 1.69. The SMILES string of the molecule is CCc1ncc(C(=O)N2CCN(c3ccccc3)C(=O)C2)cn1. The van der Waals surface area contributed by atoms with Gasteiger partial charge < -0.3 is 9.80 Å². The Hall–Kier alpha value is -2.76. The normalized spacial score (nSPS) is 14.9. The van der Waals surface area contributed by atoms with Crippen LogP contribution in [-0.4, -0.2) is 46.3 Å². The lowest BCUT2D eigenvalue weighted by Gasteiger charge is -2.34. The number of hydrogen-bond donors (Lipinski definition) is 0. The van der Waals surface area contributed by atoms with E-state index >= 15 is 0 Å². The molecule has 1 fully saturated rings. The number of aromatic nitrogens is 2. The molecule has 1 aromatic carbocycles. The highest BCUT2D eigenvalue weighted by Gasteiger charge is 2.28. The number of benzene rings is 1. The maximum atomic E-state index is 12.5. The van der Waals surface area contributed by atoms with Crippen molar-refractivity contribution < 1.29 is 9.59 Å². The minimum Gasteiger partial charge on any atom is -0.327 e. The van der Waals surface area contributed by atoms with E-state index in [9.17, 15) is 9.59 Å². The van der Waals surface area contributed by atoms with Gasteiger partial charge in [-0.25, -0.2) is 9.97 Å². The fourth-order valence-corrected chi connectivity index (χ4v) is 2.56. The lowest BCUT2D eigenvalue weighted by molar-refractivity contribution is -0.120. The number of hydrogen-bond acceptors (Lipinski definition) is 4. The second kappa shape index (κ2) is 6.56. The van der Waals surface area contributed by atoms with Gasteiger partial charge in [-0.2, -0.15) is 0 Å². The van der Waals surface area contributed by atoms with E-state index in [1.807, 2.05) is 37.3 Å². The van der Waals surface area contributed by atoms with Crippen LogP contribution in [0.1, 0.15) is 23.1 Å². The van der Waals surface area contributed by atoms with E-state index in [0.717, 1.165) is 12.1 Å². The Morgan fingerprint density at radius 3 is 2.43 bits per heavy atom. The van der Waals surface area contributed by atoms with E-state index in [0.29, 0.717) is 24.5 Å². The molecule has 23 heavy (non-hydrogen) atoms. The standard InChI is InChI=1S/C17H18N4O2/c1-2-15-18-10-13(11-19-15)17(23)20-8-9-21(16(22)12-20)14-6-4-3-5-7-14/h3-7,10-11H,2,8-9,12H2,1H3. The van der Waals surface area contributed by atoms with Crippen molar-refractivity contribution in [1.82, 2.24) is 14.9 Å². The molecule has 1 aliphatic rings. The monoisotopic (exact) mass is 310 g/mol. The van der Waals surface area contributed by atoms with Gasteiger partial charge in [0.15, 0.2) is 0 Å². The quantitative estimate of drug-likeness (QED) is 0.862. The highest BCUT2D eigenvalue weighted by molar-refractivity contribution is 6.01. The van der Waals surface area contributed by atoms with Gasteiger partial charge in [0.25, 0.3) is 5.91 Å². The van der Waals surface area contributed by atoms with Gasteiger partial charge in [-0.1, -0.05) is 25.1 Å². The van der Waals surface area contributed by atoms with E-state index in [1.54, 1.807) is 9.80 Å². The Bertz CT molecular complexity index is 700. The number of nitrogens with zero attached hydrogens (tertiary/aromatic N) is 4. The van der Waals surface area contributed by atoms with Crippen LogP contribution in [0.4, 0.5) is 5.69 Å². The molecule has 0 aliphatic carbocycles. The van der Waals surface area contributed by atoms with Gasteiger partial charge in [0.2, 0.25) is 5.91 Å². The predicted octanol–water partition coefficient (Wildman–Crippen LogP) is 1.53. The number of rotatable bonds is 3. The molecule has 0 N–H and O–H groups in total. The smallest absolute Gasteiger partial charge is 0.257 e. The molecule has 0 unspecified atom stereocenters. The first-order valence-corrected chi connectivity index (χ1v) is 7.64. The summed E-state index contributed by atoms with van der Waals surface area (Å²) in [6, 6.07) is 9.49. The van der Waals surface area contributed by atoms with Crippen LogP contribution in [0.2, 0.25) is 0 Å². The first-order valence-electron chi connectivity index (χ1n) is 7.64. The molecule has 6 heteroatoms. The Labute approximate surface area is 134 Å². The van der Waals surface area contributed by atoms with Crippen LogP contribution in [0.25, 0.3) is 0 Å². The molecule has 2 heterocycles. The molecule has 0 radical (unpaired) electrons. The summed E-state index contributed by atoms with van der Waals surface area (Å²) in [5.74, 6) is 0.419. The number of amides is 2. The van der Waals surface area contributed by atoms with Gasteiger partial charge in [-0.3, -0.25) is 9.59 Å². The van der Waals surface area contributed by atoms with Gasteiger partial charge in [-0.05, 0) is 12.1 Å². The van der Waals surface area contributed by atoms with Crippen LogP contribution in [0, 0.1) is 0 Å². The van der Waals surface area contributed by atoms with Crippen molar-refractivity contribution in [2.75, 3.05) is 24.5 Å². The lowest BCUT2D eigenvalue weighted by Crippen LogP contribution is -2.52. The summed E-state index contributed by atoms with van der Waals surface area (Å²) in [7, 11) is 0. The molecule has 0 bridgehead atoms. The Kier molecular flexibility index (Phi) is 4.32. The molecule has 2 aromatic rings. The Morgan fingerprint density at radius 2 is 1.83 bits per heavy atom. The number of para-hydroxylation sites is 1. The average Bonchev–Trinajstić information content (AvgIpc) is 2.62. The topological polar surface area (TPSA) is 66.4 Å². The summed E-state index contributed by atoms with van der Waals surface area (Å²) in [5, 5.41) is 0. The van der Waals surface area contributed by atoms with Crippen molar-refractivity contribution >= 4 is 17.5 Å². The third-order valence-corrected chi connectivity index (χ3v) is 3.84. The first kappa shape index (κ1) is 15.1. The molecule has 6 nitrogen and oxygen atoms in total. The van der Waals surface area contributed by atoms with E-state index in [1.165, 1.54) is 12.4 Å². The van der Waals surface area contributed by atoms with Crippen molar-refractivity contribution in [3.8, 4) is 0 Å². The van der Waals surface area contributed by atoms with E-state index in [-0.39, 0.29) is 18.4 Å². The van der Waals surface area contributed by atoms with Gasteiger partial charge in [0, 0.05) is 37.6 Å². The molecule has 118 valence electrons. The molecule has 1 aliphatic heterocycles. The molecule has 0 saturated carbocycles. The minimum atomic E-state index is -0.200. The van der Waals surface area contributed by atoms with Crippen LogP contribution >= 0.6 is 0 Å². The zero-order chi connectivity index (χ0) is 16.2. The lowest BCUT2D eigenvalue weighted by atomic mass is 10.2. The van der Waals surface area contributed by atoms with Crippen molar-refractivity contribution in [3.63, 3.8) is 0 Å². The molecule has 1 saturated heterocycles. The van der Waals surface area contributed by atoms with Gasteiger partial charge in [-0.15, -0.1) is 0 Å². The number of anilines is 1. The third-order valence-electron chi connectivity index (χ3n) is 3.84. The van der Waals surface area contributed by atoms with Crippen LogP contribution in [0.5, 0.6) is 0 Å². The summed E-state index contributed by atoms with van der Waals surface area (Å²) >= 11 is 0. The molecule has 0 spiro atoms. The second-order valence-electron chi connectivity index (χ2n) is 5.35. The first-order chi connectivity index (χ1) is 11.2. The fourth-order valence-electron chi connectivity index (χ4n) is 2.56. The average molecular weight is 310 g/mol. The van der Waals surface area contributed by atoms with E-state index in [2.05, 4.69) is 9.97 Å². The zero-order valence-electron chi connectivity index (χ0n) is 13.0. The van der Waals surface area contributed by atoms with Crippen molar-refractivity contribution in [3.05, 3.63) is 54.1 Å². The number of aryl methyl sites for hydroxylation is 1. The molecule has 1 aromatic heterocycles. The summed E-state index contributed by atoms with van der Waals surface area (Å²) in [4.78, 5) is 36.3. The molecular formula is C17H18N4O2. The molecule has 3 rings (SSSR count). The van der Waals surface area contributed by atoms with Crippen LogP contribution < -0.4 is 4.90 Å². The summed E-state index contributed by atoms with van der Waals surface area (Å²) in [6.07, 6.45) is 3.78. The largest absolute Gasteiger partial charge is 0.327 e. The number of carbonyl (C=O) groups is 2. The van der Waals surface area contributed by atoms with Gasteiger partial charge in [0.05, 0.1) is 5.56 Å². The fraction of sp³-hybridized carbons (Fsp3) is 0.294. The van der Waals surface area contributed by atoms with Crippen molar-refractivity contribution in [2.45, 2.75) is 13.3 Å². The minimum absolute atomic E-state index is 0.0727. The van der Waals surface area contributed by atoms with Gasteiger partial charge >= 0.3 is 0 Å². The highest BCUT2D eigenvalue weighted by Crippen LogP contribution is 2.17. The van der Waals surface area contributed by atoms with Crippen LogP contribution in [0.15, 0.2) is 42.7 Å². The van der Waals surface area contributed by atoms with E-state index in [4.69, 9.17) is 0 Å². The third kappa shape index (κ3) is 3.21. The van der Waals surface area contributed by atoms with Gasteiger partial charge in [0.1, 0.15) is 12.4 Å². The summed E-state index contributed by atoms with van der Waals surface area (Å²) in [5.41, 5.74) is 1.28. The second-order valence-corrected chi connectivity index (χ2v) is 5.35. The Morgan fingerprint density at radius 1 is 1.13 bits per heavy atom. The summed E-state index contributed by atoms with van der Waals surface area (Å²) in [6.45, 7) is 3.01. The predicted molar refractivity (Wildman–Crippen MR) is 86.1 cm³/mol. The number of carbonyl (C=O) groups excluding carboxylic acids is 2. The van der Waals surface area contributed by atoms with E-state index < -0.39 is 0 Å². The molecular weight excluding hydrogens is 292 g/mol. The maximum Gasteiger partial charge on any atom is 0.257 e. The van der Waals surface area contributed by atoms with Crippen molar-refractivity contribution in [1.29, 1.82) is 0 Å². The summed E-state index contributed by atoms with van der Waals surface area (Å²) < 4.78 is 0. The highest BCUT2D eigenvalue weighted by atomic mass is 16.2. The van der Waals surface area contributed by atoms with Crippen LogP contribution in [0.3, 0.4) is 0 Å². The van der Waals surface area contributed by atoms with Crippen LogP contribution in [-0.2, 0) is 11.2 Å². The molecule has 0 atom stereocenters. The number of piperazine rings is 1. The van der Waals surface area contributed by atoms with Crippen molar-refractivity contribution in [2.24, 2.45) is 0 Å². The zero-order valence-corrected chi connectivity index (χ0v) is 13.0.